The Kier molecular flexibility index (Phi) is 4.31. The van der Waals surface area contributed by atoms with Crippen LogP contribution in [0.1, 0.15) is 49.2 Å². The van der Waals surface area contributed by atoms with Crippen molar-refractivity contribution in [3.63, 3.8) is 0 Å². The van der Waals surface area contributed by atoms with Crippen LogP contribution in [-0.2, 0) is 0 Å². The number of carbonyl (C=O) groups is 1. The molecule has 0 N–H and O–H groups in total. The number of aryl methyl sites for hydroxylation is 1. The maximum Gasteiger partial charge on any atom is 0.163 e. The summed E-state index contributed by atoms with van der Waals surface area (Å²) in [5, 5.41) is 0.974. The number of aromatic nitrogens is 1. The molecule has 1 unspecified atom stereocenters. The number of ketones is 1. The summed E-state index contributed by atoms with van der Waals surface area (Å²) in [5.41, 5.74) is 2.64. The first-order valence-corrected chi connectivity index (χ1v) is 7.01. The molecule has 1 atom stereocenters. The van der Waals surface area contributed by atoms with Gasteiger partial charge in [-0.3, -0.25) is 9.78 Å². The lowest BCUT2D eigenvalue weighted by molar-refractivity contribution is 0.0964. The molecule has 0 aliphatic heterocycles. The largest absolute Gasteiger partial charge is 0.294 e. The molecule has 0 aliphatic rings. The lowest BCUT2D eigenvalue weighted by Gasteiger charge is -2.11. The molecular weight excluding hydrogens is 234 g/mol. The van der Waals surface area contributed by atoms with Crippen molar-refractivity contribution >= 4 is 16.7 Å². The number of hydrogen-bond acceptors (Lipinski definition) is 2. The molecule has 19 heavy (non-hydrogen) atoms. The van der Waals surface area contributed by atoms with Gasteiger partial charge in [0.05, 0.1) is 5.52 Å². The Hall–Kier alpha value is -1.70. The maximum absolute atomic E-state index is 12.5. The molecule has 2 aromatic rings. The van der Waals surface area contributed by atoms with Crippen LogP contribution in [0.5, 0.6) is 0 Å². The number of hydrogen-bond donors (Lipinski definition) is 0. The van der Waals surface area contributed by atoms with Gasteiger partial charge in [0.15, 0.2) is 5.78 Å². The van der Waals surface area contributed by atoms with E-state index in [-0.39, 0.29) is 5.78 Å². The molecule has 1 heterocycles. The average molecular weight is 255 g/mol. The summed E-state index contributed by atoms with van der Waals surface area (Å²) >= 11 is 0. The minimum atomic E-state index is 0.239. The highest BCUT2D eigenvalue weighted by Crippen LogP contribution is 2.22. The number of nitrogens with zero attached hydrogens (tertiary/aromatic N) is 1. The molecule has 0 saturated carbocycles. The maximum atomic E-state index is 12.5. The fourth-order valence-corrected chi connectivity index (χ4v) is 2.56. The minimum absolute atomic E-state index is 0.239. The summed E-state index contributed by atoms with van der Waals surface area (Å²) in [4.78, 5) is 17.0. The highest BCUT2D eigenvalue weighted by molar-refractivity contribution is 6.07. The van der Waals surface area contributed by atoms with E-state index in [1.54, 1.807) is 0 Å². The molecule has 0 fully saturated rings. The minimum Gasteiger partial charge on any atom is -0.294 e. The van der Waals surface area contributed by atoms with Gasteiger partial charge >= 0.3 is 0 Å². The summed E-state index contributed by atoms with van der Waals surface area (Å²) in [6.45, 7) is 6.25. The van der Waals surface area contributed by atoms with Crippen molar-refractivity contribution in [3.05, 3.63) is 41.6 Å². The predicted octanol–water partition coefficient (Wildman–Crippen LogP) is 4.55. The number of para-hydroxylation sites is 1. The Bertz CT molecular complexity index is 589. The third kappa shape index (κ3) is 3.19. The van der Waals surface area contributed by atoms with E-state index in [1.807, 2.05) is 37.3 Å². The molecule has 2 nitrogen and oxygen atoms in total. The lowest BCUT2D eigenvalue weighted by Crippen LogP contribution is -2.07. The van der Waals surface area contributed by atoms with Crippen molar-refractivity contribution in [2.24, 2.45) is 5.92 Å². The fourth-order valence-electron chi connectivity index (χ4n) is 2.56. The van der Waals surface area contributed by atoms with Crippen molar-refractivity contribution in [3.8, 4) is 0 Å². The molecule has 1 aromatic heterocycles. The molecule has 0 saturated heterocycles. The standard InChI is InChI=1S/C17H21NO/c1-4-7-12(2)10-17(19)15-11-13(3)18-16-9-6-5-8-14(15)16/h5-6,8-9,11-12H,4,7,10H2,1-3H3. The van der Waals surface area contributed by atoms with Crippen molar-refractivity contribution in [1.29, 1.82) is 0 Å². The van der Waals surface area contributed by atoms with Gasteiger partial charge in [-0.2, -0.15) is 0 Å². The average Bonchev–Trinajstić information content (AvgIpc) is 2.37. The first kappa shape index (κ1) is 13.7. The molecule has 1 aromatic carbocycles. The van der Waals surface area contributed by atoms with Crippen molar-refractivity contribution < 1.29 is 4.79 Å². The quantitative estimate of drug-likeness (QED) is 0.733. The first-order valence-electron chi connectivity index (χ1n) is 7.01. The van der Waals surface area contributed by atoms with Crippen molar-refractivity contribution in [2.75, 3.05) is 0 Å². The van der Waals surface area contributed by atoms with Gasteiger partial charge in [-0.1, -0.05) is 44.9 Å². The van der Waals surface area contributed by atoms with E-state index in [9.17, 15) is 4.79 Å². The Labute approximate surface area is 114 Å². The van der Waals surface area contributed by atoms with E-state index in [4.69, 9.17) is 0 Å². The molecule has 0 spiro atoms. The van der Waals surface area contributed by atoms with Gasteiger partial charge in [-0.15, -0.1) is 0 Å². The van der Waals surface area contributed by atoms with Crippen molar-refractivity contribution in [1.82, 2.24) is 4.98 Å². The summed E-state index contributed by atoms with van der Waals surface area (Å²) in [6, 6.07) is 9.80. The normalized spacial score (nSPS) is 12.6. The van der Waals surface area contributed by atoms with E-state index in [0.717, 1.165) is 35.0 Å². The van der Waals surface area contributed by atoms with Crippen LogP contribution in [-0.4, -0.2) is 10.8 Å². The van der Waals surface area contributed by atoms with E-state index in [0.29, 0.717) is 12.3 Å². The second-order valence-corrected chi connectivity index (χ2v) is 5.35. The second kappa shape index (κ2) is 5.96. The second-order valence-electron chi connectivity index (χ2n) is 5.35. The van der Waals surface area contributed by atoms with Crippen LogP contribution in [0.3, 0.4) is 0 Å². The molecule has 2 heteroatoms. The van der Waals surface area contributed by atoms with Gasteiger partial charge in [0.25, 0.3) is 0 Å². The van der Waals surface area contributed by atoms with Crippen LogP contribution >= 0.6 is 0 Å². The summed E-state index contributed by atoms with van der Waals surface area (Å²) < 4.78 is 0. The van der Waals surface area contributed by atoms with Gasteiger partial charge in [-0.25, -0.2) is 0 Å². The van der Waals surface area contributed by atoms with Crippen LogP contribution in [0.25, 0.3) is 10.9 Å². The predicted molar refractivity (Wildman–Crippen MR) is 79.5 cm³/mol. The number of pyridine rings is 1. The first-order chi connectivity index (χ1) is 9.11. The van der Waals surface area contributed by atoms with Crippen LogP contribution in [0.15, 0.2) is 30.3 Å². The molecule has 0 radical (unpaired) electrons. The highest BCUT2D eigenvalue weighted by atomic mass is 16.1. The number of benzene rings is 1. The van der Waals surface area contributed by atoms with Crippen LogP contribution in [0.2, 0.25) is 0 Å². The smallest absolute Gasteiger partial charge is 0.163 e. The van der Waals surface area contributed by atoms with Crippen LogP contribution < -0.4 is 0 Å². The lowest BCUT2D eigenvalue weighted by atomic mass is 9.94. The monoisotopic (exact) mass is 255 g/mol. The zero-order valence-corrected chi connectivity index (χ0v) is 11.9. The Balaban J connectivity index is 2.36. The van der Waals surface area contributed by atoms with Gasteiger partial charge in [0.1, 0.15) is 0 Å². The Morgan fingerprint density at radius 1 is 1.32 bits per heavy atom. The molecule has 0 amide bonds. The third-order valence-electron chi connectivity index (χ3n) is 3.46. The number of carbonyl (C=O) groups excluding carboxylic acids is 1. The summed E-state index contributed by atoms with van der Waals surface area (Å²) in [7, 11) is 0. The number of rotatable bonds is 5. The SMILES string of the molecule is CCCC(C)CC(=O)c1cc(C)nc2ccccc12. The zero-order valence-electron chi connectivity index (χ0n) is 11.9. The van der Waals surface area contributed by atoms with Crippen molar-refractivity contribution in [2.45, 2.75) is 40.0 Å². The highest BCUT2D eigenvalue weighted by Gasteiger charge is 2.14. The van der Waals surface area contributed by atoms with Crippen LogP contribution in [0, 0.1) is 12.8 Å². The van der Waals surface area contributed by atoms with Gasteiger partial charge in [0, 0.05) is 23.1 Å². The van der Waals surface area contributed by atoms with E-state index in [2.05, 4.69) is 18.8 Å². The van der Waals surface area contributed by atoms with E-state index < -0.39 is 0 Å². The molecular formula is C17H21NO. The van der Waals surface area contributed by atoms with Crippen LogP contribution in [0.4, 0.5) is 0 Å². The Morgan fingerprint density at radius 2 is 2.05 bits per heavy atom. The van der Waals surface area contributed by atoms with Gasteiger partial charge < -0.3 is 0 Å². The third-order valence-corrected chi connectivity index (χ3v) is 3.46. The molecule has 2 rings (SSSR count). The molecule has 100 valence electrons. The molecule has 0 aliphatic carbocycles. The topological polar surface area (TPSA) is 30.0 Å². The van der Waals surface area contributed by atoms with E-state index >= 15 is 0 Å². The van der Waals surface area contributed by atoms with E-state index in [1.165, 1.54) is 0 Å². The summed E-state index contributed by atoms with van der Waals surface area (Å²) in [5.74, 6) is 0.687. The number of fused-ring (bicyclic) bond motifs is 1. The zero-order chi connectivity index (χ0) is 13.8. The Morgan fingerprint density at radius 3 is 2.79 bits per heavy atom. The van der Waals surface area contributed by atoms with Gasteiger partial charge in [-0.05, 0) is 25.0 Å². The summed E-state index contributed by atoms with van der Waals surface area (Å²) in [6.07, 6.45) is 2.86. The number of Topliss-reactive ketones (excluding diaryl/α,β-unsaturated/α-hetero) is 1. The molecule has 0 bridgehead atoms. The fraction of sp³-hybridized carbons (Fsp3) is 0.412. The van der Waals surface area contributed by atoms with Gasteiger partial charge in [0.2, 0.25) is 0 Å².